The van der Waals surface area contributed by atoms with E-state index in [2.05, 4.69) is 10.3 Å². The van der Waals surface area contributed by atoms with Gasteiger partial charge in [-0.1, -0.05) is 24.3 Å². The van der Waals surface area contributed by atoms with Gasteiger partial charge in [0, 0.05) is 24.2 Å². The van der Waals surface area contributed by atoms with E-state index in [1.165, 1.54) is 12.3 Å². The lowest BCUT2D eigenvalue weighted by atomic mass is 9.99. The van der Waals surface area contributed by atoms with Crippen molar-refractivity contribution in [1.82, 2.24) is 10.3 Å². The largest absolute Gasteiger partial charge is 0.480 e. The van der Waals surface area contributed by atoms with Gasteiger partial charge in [0.05, 0.1) is 6.20 Å². The van der Waals surface area contributed by atoms with Crippen molar-refractivity contribution in [3.8, 4) is 16.9 Å². The van der Waals surface area contributed by atoms with Gasteiger partial charge in [0.1, 0.15) is 11.6 Å². The number of halogens is 1. The number of nitrogens with zero attached hydrogens (tertiary/aromatic N) is 1. The van der Waals surface area contributed by atoms with E-state index < -0.39 is 6.10 Å². The van der Waals surface area contributed by atoms with Crippen LogP contribution in [0.3, 0.4) is 0 Å². The number of hydrogen-bond donors (Lipinski definition) is 1. The minimum absolute atomic E-state index is 0.197. The van der Waals surface area contributed by atoms with Crippen LogP contribution in [0.4, 0.5) is 4.39 Å². The summed E-state index contributed by atoms with van der Waals surface area (Å²) in [5.74, 6) is 0.0254. The molecule has 3 rings (SSSR count). The minimum atomic E-state index is -0.611. The Morgan fingerprint density at radius 3 is 2.62 bits per heavy atom. The molecular weight excluding hydrogens is 307 g/mol. The van der Waals surface area contributed by atoms with Gasteiger partial charge in [0.15, 0.2) is 6.10 Å². The van der Waals surface area contributed by atoms with E-state index >= 15 is 0 Å². The lowest BCUT2D eigenvalue weighted by Crippen LogP contribution is -2.33. The standard InChI is InChI=1S/C19H17FN2O2/c1-12(19(23)21-2)24-18-8-7-15(13-9-14(20)11-22-10-13)16-5-3-4-6-17(16)18/h3-12H,1-2H3,(H,21,23). The van der Waals surface area contributed by atoms with Crippen molar-refractivity contribution in [3.05, 3.63) is 60.7 Å². The molecule has 0 radical (unpaired) electrons. The molecular formula is C19H17FN2O2. The number of likely N-dealkylation sites (N-methyl/N-ethyl adjacent to an activating group) is 1. The van der Waals surface area contributed by atoms with Crippen LogP contribution in [0.25, 0.3) is 21.9 Å². The monoisotopic (exact) mass is 324 g/mol. The van der Waals surface area contributed by atoms with Gasteiger partial charge in [-0.05, 0) is 36.1 Å². The quantitative estimate of drug-likeness (QED) is 0.798. The highest BCUT2D eigenvalue weighted by atomic mass is 19.1. The summed E-state index contributed by atoms with van der Waals surface area (Å²) < 4.78 is 19.3. The molecule has 5 heteroatoms. The van der Waals surface area contributed by atoms with E-state index in [-0.39, 0.29) is 11.7 Å². The van der Waals surface area contributed by atoms with Gasteiger partial charge < -0.3 is 10.1 Å². The number of carbonyl (C=O) groups excluding carboxylic acids is 1. The highest BCUT2D eigenvalue weighted by Crippen LogP contribution is 2.34. The van der Waals surface area contributed by atoms with Gasteiger partial charge in [-0.15, -0.1) is 0 Å². The molecule has 4 nitrogen and oxygen atoms in total. The first-order chi connectivity index (χ1) is 11.6. The summed E-state index contributed by atoms with van der Waals surface area (Å²) in [6.07, 6.45) is 2.19. The van der Waals surface area contributed by atoms with Crippen LogP contribution in [0.2, 0.25) is 0 Å². The maximum absolute atomic E-state index is 13.5. The molecule has 24 heavy (non-hydrogen) atoms. The molecule has 3 aromatic rings. The fourth-order valence-electron chi connectivity index (χ4n) is 2.63. The third kappa shape index (κ3) is 3.06. The summed E-state index contributed by atoms with van der Waals surface area (Å²) in [6, 6.07) is 12.7. The fourth-order valence-corrected chi connectivity index (χ4v) is 2.63. The Morgan fingerprint density at radius 1 is 1.17 bits per heavy atom. The molecule has 0 spiro atoms. The molecule has 0 fully saturated rings. The van der Waals surface area contributed by atoms with Crippen LogP contribution in [0.5, 0.6) is 5.75 Å². The van der Waals surface area contributed by atoms with Gasteiger partial charge in [-0.3, -0.25) is 9.78 Å². The maximum Gasteiger partial charge on any atom is 0.260 e. The second-order valence-electron chi connectivity index (χ2n) is 5.42. The summed E-state index contributed by atoms with van der Waals surface area (Å²) in [6.45, 7) is 1.69. The van der Waals surface area contributed by atoms with E-state index in [0.717, 1.165) is 16.3 Å². The normalized spacial score (nSPS) is 12.0. The molecule has 122 valence electrons. The summed E-state index contributed by atoms with van der Waals surface area (Å²) in [4.78, 5) is 15.6. The van der Waals surface area contributed by atoms with Crippen LogP contribution >= 0.6 is 0 Å². The average Bonchev–Trinajstić information content (AvgIpc) is 2.61. The molecule has 0 aliphatic rings. The Hall–Kier alpha value is -2.95. The van der Waals surface area contributed by atoms with Crippen molar-refractivity contribution in [2.75, 3.05) is 7.05 Å². The molecule has 0 saturated carbocycles. The number of benzene rings is 2. The van der Waals surface area contributed by atoms with Crippen molar-refractivity contribution in [2.24, 2.45) is 0 Å². The van der Waals surface area contributed by atoms with Gasteiger partial charge in [-0.2, -0.15) is 0 Å². The number of fused-ring (bicyclic) bond motifs is 1. The van der Waals surface area contributed by atoms with E-state index in [1.54, 1.807) is 26.2 Å². The zero-order valence-electron chi connectivity index (χ0n) is 13.4. The number of rotatable bonds is 4. The van der Waals surface area contributed by atoms with Crippen LogP contribution in [0.1, 0.15) is 6.92 Å². The number of hydrogen-bond acceptors (Lipinski definition) is 3. The Kier molecular flexibility index (Phi) is 4.42. The van der Waals surface area contributed by atoms with E-state index in [1.807, 2.05) is 30.3 Å². The maximum atomic E-state index is 13.5. The highest BCUT2D eigenvalue weighted by Gasteiger charge is 2.15. The molecule has 1 amide bonds. The smallest absolute Gasteiger partial charge is 0.260 e. The van der Waals surface area contributed by atoms with Crippen LogP contribution in [0.15, 0.2) is 54.9 Å². The second kappa shape index (κ2) is 6.66. The van der Waals surface area contributed by atoms with Crippen LogP contribution in [-0.4, -0.2) is 24.0 Å². The Morgan fingerprint density at radius 2 is 1.92 bits per heavy atom. The summed E-state index contributed by atoms with van der Waals surface area (Å²) >= 11 is 0. The number of pyridine rings is 1. The first kappa shape index (κ1) is 15.9. The van der Waals surface area contributed by atoms with Gasteiger partial charge in [-0.25, -0.2) is 4.39 Å². The molecule has 0 saturated heterocycles. The third-order valence-electron chi connectivity index (χ3n) is 3.82. The SMILES string of the molecule is CNC(=O)C(C)Oc1ccc(-c2cncc(F)c2)c2ccccc12. The lowest BCUT2D eigenvalue weighted by molar-refractivity contribution is -0.126. The van der Waals surface area contributed by atoms with Crippen molar-refractivity contribution in [3.63, 3.8) is 0 Å². The fraction of sp³-hybridized carbons (Fsp3) is 0.158. The van der Waals surface area contributed by atoms with E-state index in [4.69, 9.17) is 4.74 Å². The van der Waals surface area contributed by atoms with Gasteiger partial charge >= 0.3 is 0 Å². The Labute approximate surface area is 139 Å². The molecule has 1 N–H and O–H groups in total. The van der Waals surface area contributed by atoms with Gasteiger partial charge in [0.2, 0.25) is 0 Å². The zero-order chi connectivity index (χ0) is 17.1. The molecule has 1 atom stereocenters. The molecule has 2 aromatic carbocycles. The van der Waals surface area contributed by atoms with E-state index in [0.29, 0.717) is 11.3 Å². The molecule has 1 aromatic heterocycles. The van der Waals surface area contributed by atoms with E-state index in [9.17, 15) is 9.18 Å². The minimum Gasteiger partial charge on any atom is -0.480 e. The van der Waals surface area contributed by atoms with Crippen molar-refractivity contribution in [1.29, 1.82) is 0 Å². The summed E-state index contributed by atoms with van der Waals surface area (Å²) in [7, 11) is 1.57. The molecule has 0 bridgehead atoms. The highest BCUT2D eigenvalue weighted by molar-refractivity contribution is 6.00. The Balaban J connectivity index is 2.09. The number of ether oxygens (including phenoxy) is 1. The number of carbonyl (C=O) groups is 1. The zero-order valence-corrected chi connectivity index (χ0v) is 13.4. The second-order valence-corrected chi connectivity index (χ2v) is 5.42. The lowest BCUT2D eigenvalue weighted by Gasteiger charge is -2.16. The molecule has 1 unspecified atom stereocenters. The van der Waals surface area contributed by atoms with Crippen molar-refractivity contribution in [2.45, 2.75) is 13.0 Å². The van der Waals surface area contributed by atoms with Crippen LogP contribution < -0.4 is 10.1 Å². The van der Waals surface area contributed by atoms with Crippen molar-refractivity contribution < 1.29 is 13.9 Å². The summed E-state index contributed by atoms with van der Waals surface area (Å²) in [5, 5.41) is 4.33. The first-order valence-electron chi connectivity index (χ1n) is 7.61. The third-order valence-corrected chi connectivity index (χ3v) is 3.82. The average molecular weight is 324 g/mol. The van der Waals surface area contributed by atoms with Gasteiger partial charge in [0.25, 0.3) is 5.91 Å². The predicted octanol–water partition coefficient (Wildman–Crippen LogP) is 3.55. The molecule has 0 aliphatic heterocycles. The van der Waals surface area contributed by atoms with Crippen molar-refractivity contribution >= 4 is 16.7 Å². The number of amides is 1. The Bertz CT molecular complexity index is 895. The molecule has 1 heterocycles. The van der Waals surface area contributed by atoms with Crippen LogP contribution in [0, 0.1) is 5.82 Å². The predicted molar refractivity (Wildman–Crippen MR) is 91.3 cm³/mol. The summed E-state index contributed by atoms with van der Waals surface area (Å²) in [5.41, 5.74) is 1.55. The van der Waals surface area contributed by atoms with Crippen LogP contribution in [-0.2, 0) is 4.79 Å². The topological polar surface area (TPSA) is 51.2 Å². The number of aromatic nitrogens is 1. The number of nitrogens with one attached hydrogen (secondary N) is 1. The molecule has 0 aliphatic carbocycles. The first-order valence-corrected chi connectivity index (χ1v) is 7.61.